The first-order valence-electron chi connectivity index (χ1n) is 6.65. The smallest absolute Gasteiger partial charge is 0.309 e. The molecule has 1 aliphatic heterocycles. The number of aromatic nitrogens is 2. The lowest BCUT2D eigenvalue weighted by molar-refractivity contribution is -0.150. The molecule has 1 atom stereocenters. The highest BCUT2D eigenvalue weighted by molar-refractivity contribution is 5.74. The molecule has 6 heteroatoms. The van der Waals surface area contributed by atoms with Gasteiger partial charge in [0.25, 0.3) is 0 Å². The molecule has 2 rings (SSSR count). The molecule has 0 aliphatic carbocycles. The highest BCUT2D eigenvalue weighted by atomic mass is 16.4. The third-order valence-electron chi connectivity index (χ3n) is 4.07. The molecule has 0 bridgehead atoms. The fourth-order valence-electron chi connectivity index (χ4n) is 2.49. The highest BCUT2D eigenvalue weighted by Gasteiger charge is 2.39. The van der Waals surface area contributed by atoms with Crippen LogP contribution in [-0.4, -0.2) is 34.1 Å². The first kappa shape index (κ1) is 14.3. The van der Waals surface area contributed by atoms with Crippen molar-refractivity contribution >= 4 is 11.8 Å². The zero-order chi connectivity index (χ0) is 14.8. The number of nitriles is 1. The lowest BCUT2D eigenvalue weighted by Crippen LogP contribution is -2.45. The third kappa shape index (κ3) is 2.72. The summed E-state index contributed by atoms with van der Waals surface area (Å²) in [6.45, 7) is 5.04. The second-order valence-corrected chi connectivity index (χ2v) is 5.68. The van der Waals surface area contributed by atoms with E-state index in [2.05, 4.69) is 9.97 Å². The van der Waals surface area contributed by atoms with Crippen LogP contribution < -0.4 is 4.90 Å². The molecule has 6 nitrogen and oxygen atoms in total. The molecule has 20 heavy (non-hydrogen) atoms. The summed E-state index contributed by atoms with van der Waals surface area (Å²) in [5, 5.41) is 18.1. The summed E-state index contributed by atoms with van der Waals surface area (Å²) in [5.74, 6) is 0.0105. The van der Waals surface area contributed by atoms with E-state index < -0.39 is 11.4 Å². The summed E-state index contributed by atoms with van der Waals surface area (Å²) in [7, 11) is 0. The van der Waals surface area contributed by atoms with Crippen LogP contribution >= 0.6 is 0 Å². The fraction of sp³-hybridized carbons (Fsp3) is 0.571. The quantitative estimate of drug-likeness (QED) is 0.901. The van der Waals surface area contributed by atoms with Crippen molar-refractivity contribution in [2.24, 2.45) is 11.3 Å². The summed E-state index contributed by atoms with van der Waals surface area (Å²) in [4.78, 5) is 21.7. The number of aliphatic carboxylic acids is 1. The average Bonchev–Trinajstić information content (AvgIpc) is 2.47. The predicted octanol–water partition coefficient (Wildman–Crippen LogP) is 1.68. The summed E-state index contributed by atoms with van der Waals surface area (Å²) in [5.41, 5.74) is -0.466. The summed E-state index contributed by atoms with van der Waals surface area (Å²) in [6, 6.07) is 1.94. The van der Waals surface area contributed by atoms with Gasteiger partial charge in [0, 0.05) is 13.1 Å². The van der Waals surface area contributed by atoms with Crippen molar-refractivity contribution in [2.45, 2.75) is 26.7 Å². The van der Waals surface area contributed by atoms with Gasteiger partial charge in [0.1, 0.15) is 11.9 Å². The second-order valence-electron chi connectivity index (χ2n) is 5.68. The predicted molar refractivity (Wildman–Crippen MR) is 73.1 cm³/mol. The Labute approximate surface area is 118 Å². The lowest BCUT2D eigenvalue weighted by Gasteiger charge is -2.39. The Bertz CT molecular complexity index is 533. The molecule has 1 aromatic rings. The number of carboxylic acid groups (broad SMARTS) is 1. The van der Waals surface area contributed by atoms with Crippen LogP contribution in [0.3, 0.4) is 0 Å². The molecule has 1 saturated heterocycles. The van der Waals surface area contributed by atoms with E-state index in [0.29, 0.717) is 12.4 Å². The van der Waals surface area contributed by atoms with Crippen molar-refractivity contribution in [3.05, 3.63) is 18.1 Å². The van der Waals surface area contributed by atoms with Crippen LogP contribution in [0, 0.1) is 22.7 Å². The maximum Gasteiger partial charge on any atom is 0.309 e. The van der Waals surface area contributed by atoms with Crippen molar-refractivity contribution in [3.63, 3.8) is 0 Å². The van der Waals surface area contributed by atoms with Gasteiger partial charge in [-0.2, -0.15) is 5.26 Å². The van der Waals surface area contributed by atoms with E-state index in [1.165, 1.54) is 6.20 Å². The van der Waals surface area contributed by atoms with Crippen LogP contribution in [0.1, 0.15) is 32.4 Å². The van der Waals surface area contributed by atoms with Crippen molar-refractivity contribution in [3.8, 4) is 6.07 Å². The Morgan fingerprint density at radius 2 is 2.25 bits per heavy atom. The fourth-order valence-corrected chi connectivity index (χ4v) is 2.49. The largest absolute Gasteiger partial charge is 0.481 e. The van der Waals surface area contributed by atoms with Gasteiger partial charge in [-0.1, -0.05) is 0 Å². The molecule has 0 spiro atoms. The second kappa shape index (κ2) is 5.45. The molecule has 1 aliphatic rings. The maximum absolute atomic E-state index is 11.4. The molecule has 1 fully saturated rings. The van der Waals surface area contributed by atoms with Crippen molar-refractivity contribution in [1.29, 1.82) is 5.26 Å². The molecule has 2 heterocycles. The molecular formula is C14H18N4O2. The minimum atomic E-state index is -0.768. The molecule has 1 aromatic heterocycles. The minimum Gasteiger partial charge on any atom is -0.481 e. The molecule has 0 saturated carbocycles. The van der Waals surface area contributed by atoms with Crippen LogP contribution in [0.2, 0.25) is 0 Å². The van der Waals surface area contributed by atoms with Gasteiger partial charge in [-0.05, 0) is 32.6 Å². The lowest BCUT2D eigenvalue weighted by atomic mass is 9.74. The number of carboxylic acids is 1. The minimum absolute atomic E-state index is 0.0752. The van der Waals surface area contributed by atoms with Gasteiger partial charge in [0.15, 0.2) is 5.69 Å². The van der Waals surface area contributed by atoms with Gasteiger partial charge in [0.05, 0.1) is 17.8 Å². The van der Waals surface area contributed by atoms with Crippen LogP contribution in [0.5, 0.6) is 0 Å². The van der Waals surface area contributed by atoms with Crippen molar-refractivity contribution in [1.82, 2.24) is 9.97 Å². The van der Waals surface area contributed by atoms with Gasteiger partial charge in [-0.15, -0.1) is 0 Å². The molecule has 106 valence electrons. The van der Waals surface area contributed by atoms with Crippen LogP contribution in [0.15, 0.2) is 12.4 Å². The Balaban J connectivity index is 2.14. The normalized spacial score (nSPS) is 19.4. The van der Waals surface area contributed by atoms with Gasteiger partial charge >= 0.3 is 5.97 Å². The summed E-state index contributed by atoms with van der Waals surface area (Å²) in [6.07, 6.45) is 4.86. The van der Waals surface area contributed by atoms with Gasteiger partial charge in [-0.3, -0.25) is 4.79 Å². The van der Waals surface area contributed by atoms with E-state index in [4.69, 9.17) is 5.26 Å². The van der Waals surface area contributed by atoms with Crippen LogP contribution in [-0.2, 0) is 4.79 Å². The molecule has 0 radical (unpaired) electrons. The van der Waals surface area contributed by atoms with Crippen molar-refractivity contribution < 1.29 is 9.90 Å². The van der Waals surface area contributed by atoms with E-state index in [-0.39, 0.29) is 11.6 Å². The van der Waals surface area contributed by atoms with E-state index in [9.17, 15) is 9.90 Å². The number of hydrogen-bond acceptors (Lipinski definition) is 5. The number of rotatable bonds is 3. The molecule has 1 N–H and O–H groups in total. The highest BCUT2D eigenvalue weighted by Crippen LogP contribution is 2.35. The van der Waals surface area contributed by atoms with Gasteiger partial charge in [-0.25, -0.2) is 9.97 Å². The van der Waals surface area contributed by atoms with Gasteiger partial charge < -0.3 is 10.0 Å². The molecule has 0 amide bonds. The number of piperidine rings is 1. The molecule has 0 aromatic carbocycles. The van der Waals surface area contributed by atoms with E-state index in [0.717, 1.165) is 19.4 Å². The monoisotopic (exact) mass is 274 g/mol. The number of anilines is 1. The maximum atomic E-state index is 11.4. The summed E-state index contributed by atoms with van der Waals surface area (Å²) < 4.78 is 0. The Morgan fingerprint density at radius 1 is 1.50 bits per heavy atom. The average molecular weight is 274 g/mol. The number of nitrogens with zero attached hydrogens (tertiary/aromatic N) is 4. The van der Waals surface area contributed by atoms with Crippen LogP contribution in [0.25, 0.3) is 0 Å². The zero-order valence-corrected chi connectivity index (χ0v) is 11.7. The topological polar surface area (TPSA) is 90.1 Å². The standard InChI is InChI=1S/C14H18N4O2/c1-14(2,13(19)20)10-4-3-5-18(9-10)12-8-16-11(6-15)7-17-12/h7-8,10H,3-5,9H2,1-2H3,(H,19,20). The molecule has 1 unspecified atom stereocenters. The Morgan fingerprint density at radius 3 is 2.80 bits per heavy atom. The van der Waals surface area contributed by atoms with Crippen molar-refractivity contribution in [2.75, 3.05) is 18.0 Å². The summed E-state index contributed by atoms with van der Waals surface area (Å²) >= 11 is 0. The third-order valence-corrected chi connectivity index (χ3v) is 4.07. The first-order valence-corrected chi connectivity index (χ1v) is 6.65. The molecular weight excluding hydrogens is 256 g/mol. The SMILES string of the molecule is CC(C)(C(=O)O)C1CCCN(c2cnc(C#N)cn2)C1. The van der Waals surface area contributed by atoms with Gasteiger partial charge in [0.2, 0.25) is 0 Å². The van der Waals surface area contributed by atoms with E-state index in [1.807, 2.05) is 11.0 Å². The Hall–Kier alpha value is -2.16. The Kier molecular flexibility index (Phi) is 3.89. The number of carbonyl (C=O) groups is 1. The van der Waals surface area contributed by atoms with E-state index in [1.54, 1.807) is 20.0 Å². The van der Waals surface area contributed by atoms with E-state index >= 15 is 0 Å². The zero-order valence-electron chi connectivity index (χ0n) is 11.7. The number of hydrogen-bond donors (Lipinski definition) is 1. The van der Waals surface area contributed by atoms with Crippen LogP contribution in [0.4, 0.5) is 5.82 Å². The first-order chi connectivity index (χ1) is 9.45.